The van der Waals surface area contributed by atoms with Gasteiger partial charge in [-0.3, -0.25) is 14.8 Å². The lowest BCUT2D eigenvalue weighted by Crippen LogP contribution is -2.29. The molecular formula is C22H23N3O. The molecule has 1 N–H and O–H groups in total. The smallest absolute Gasteiger partial charge is 0.221 e. The summed E-state index contributed by atoms with van der Waals surface area (Å²) < 4.78 is 0. The number of amides is 1. The Balaban J connectivity index is 1.77. The molecule has 1 atom stereocenters. The lowest BCUT2D eigenvalue weighted by Gasteiger charge is -2.20. The van der Waals surface area contributed by atoms with E-state index in [-0.39, 0.29) is 11.9 Å². The molecule has 2 heterocycles. The lowest BCUT2D eigenvalue weighted by atomic mass is 9.96. The number of aryl methyl sites for hydroxylation is 3. The van der Waals surface area contributed by atoms with Crippen LogP contribution in [0.1, 0.15) is 40.3 Å². The van der Waals surface area contributed by atoms with E-state index >= 15 is 0 Å². The van der Waals surface area contributed by atoms with Crippen molar-refractivity contribution in [2.75, 3.05) is 0 Å². The normalized spacial score (nSPS) is 11.8. The Kier molecular flexibility index (Phi) is 5.74. The maximum Gasteiger partial charge on any atom is 0.221 e. The van der Waals surface area contributed by atoms with Crippen molar-refractivity contribution in [1.82, 2.24) is 15.3 Å². The number of nitrogens with one attached hydrogen (secondary N) is 1. The summed E-state index contributed by atoms with van der Waals surface area (Å²) in [6.07, 6.45) is 8.18. The number of aromatic nitrogens is 2. The molecule has 1 unspecified atom stereocenters. The number of rotatable bonds is 6. The Morgan fingerprint density at radius 3 is 2.38 bits per heavy atom. The topological polar surface area (TPSA) is 54.9 Å². The third-order valence-electron chi connectivity index (χ3n) is 4.55. The summed E-state index contributed by atoms with van der Waals surface area (Å²) in [5.74, 6) is 0.0148. The molecule has 3 rings (SSSR count). The zero-order chi connectivity index (χ0) is 18.4. The Hall–Kier alpha value is -3.01. The number of nitrogens with zero attached hydrogens (tertiary/aromatic N) is 2. The van der Waals surface area contributed by atoms with Gasteiger partial charge in [0, 0.05) is 31.2 Å². The SMILES string of the molecule is Cc1ccc(C(NC(=O)CCc2cccnc2)c2cccnc2)cc1C. The predicted molar refractivity (Wildman–Crippen MR) is 103 cm³/mol. The molecule has 1 aromatic carbocycles. The van der Waals surface area contributed by atoms with Crippen molar-refractivity contribution in [3.63, 3.8) is 0 Å². The second-order valence-electron chi connectivity index (χ2n) is 6.49. The van der Waals surface area contributed by atoms with E-state index < -0.39 is 0 Å². The van der Waals surface area contributed by atoms with Crippen molar-refractivity contribution >= 4 is 5.91 Å². The van der Waals surface area contributed by atoms with Gasteiger partial charge in [0.15, 0.2) is 0 Å². The Morgan fingerprint density at radius 2 is 1.73 bits per heavy atom. The minimum Gasteiger partial charge on any atom is -0.345 e. The number of hydrogen-bond donors (Lipinski definition) is 1. The number of hydrogen-bond acceptors (Lipinski definition) is 3. The quantitative estimate of drug-likeness (QED) is 0.736. The maximum atomic E-state index is 12.6. The van der Waals surface area contributed by atoms with Gasteiger partial charge in [0.2, 0.25) is 5.91 Å². The van der Waals surface area contributed by atoms with Crippen molar-refractivity contribution in [3.05, 3.63) is 95.1 Å². The number of carbonyl (C=O) groups excluding carboxylic acids is 1. The minimum atomic E-state index is -0.204. The minimum absolute atomic E-state index is 0.0148. The third kappa shape index (κ3) is 4.54. The van der Waals surface area contributed by atoms with E-state index in [0.29, 0.717) is 12.8 Å². The molecule has 0 radical (unpaired) electrons. The van der Waals surface area contributed by atoms with Crippen molar-refractivity contribution in [2.45, 2.75) is 32.7 Å². The van der Waals surface area contributed by atoms with Gasteiger partial charge in [-0.1, -0.05) is 30.3 Å². The fraction of sp³-hybridized carbons (Fsp3) is 0.227. The van der Waals surface area contributed by atoms with E-state index in [1.807, 2.05) is 24.3 Å². The standard InChI is InChI=1S/C22H23N3O/c1-16-7-9-19(13-17(16)2)22(20-6-4-12-24-15-20)25-21(26)10-8-18-5-3-11-23-14-18/h3-7,9,11-15,22H,8,10H2,1-2H3,(H,25,26). The van der Waals surface area contributed by atoms with Gasteiger partial charge < -0.3 is 5.32 Å². The first-order chi connectivity index (χ1) is 12.6. The van der Waals surface area contributed by atoms with Crippen LogP contribution in [0.5, 0.6) is 0 Å². The highest BCUT2D eigenvalue weighted by molar-refractivity contribution is 5.77. The molecule has 0 aliphatic carbocycles. The van der Waals surface area contributed by atoms with Crippen LogP contribution < -0.4 is 5.32 Å². The monoisotopic (exact) mass is 345 g/mol. The lowest BCUT2D eigenvalue weighted by molar-refractivity contribution is -0.121. The molecule has 0 saturated carbocycles. The van der Waals surface area contributed by atoms with Crippen LogP contribution in [0.4, 0.5) is 0 Å². The third-order valence-corrected chi connectivity index (χ3v) is 4.55. The van der Waals surface area contributed by atoms with Gasteiger partial charge in [0.1, 0.15) is 0 Å². The van der Waals surface area contributed by atoms with Gasteiger partial charge in [-0.25, -0.2) is 0 Å². The molecule has 26 heavy (non-hydrogen) atoms. The summed E-state index contributed by atoms with van der Waals surface area (Å²) in [6, 6.07) is 13.9. The largest absolute Gasteiger partial charge is 0.345 e. The van der Waals surface area contributed by atoms with Crippen LogP contribution in [-0.4, -0.2) is 15.9 Å². The number of benzene rings is 1. The van der Waals surface area contributed by atoms with Gasteiger partial charge in [-0.15, -0.1) is 0 Å². The van der Waals surface area contributed by atoms with Crippen LogP contribution in [0.25, 0.3) is 0 Å². The highest BCUT2D eigenvalue weighted by atomic mass is 16.1. The van der Waals surface area contributed by atoms with Crippen LogP contribution in [-0.2, 0) is 11.2 Å². The summed E-state index contributed by atoms with van der Waals surface area (Å²) in [6.45, 7) is 4.17. The average molecular weight is 345 g/mol. The van der Waals surface area contributed by atoms with Crippen molar-refractivity contribution in [1.29, 1.82) is 0 Å². The zero-order valence-electron chi connectivity index (χ0n) is 15.1. The zero-order valence-corrected chi connectivity index (χ0v) is 15.1. The van der Waals surface area contributed by atoms with Gasteiger partial charge in [-0.05, 0) is 60.2 Å². The van der Waals surface area contributed by atoms with Gasteiger partial charge in [-0.2, -0.15) is 0 Å². The van der Waals surface area contributed by atoms with Gasteiger partial charge in [0.05, 0.1) is 6.04 Å². The first-order valence-corrected chi connectivity index (χ1v) is 8.79. The summed E-state index contributed by atoms with van der Waals surface area (Å²) in [5.41, 5.74) is 5.55. The second kappa shape index (κ2) is 8.39. The Morgan fingerprint density at radius 1 is 0.962 bits per heavy atom. The van der Waals surface area contributed by atoms with Crippen LogP contribution in [0.3, 0.4) is 0 Å². The van der Waals surface area contributed by atoms with E-state index in [9.17, 15) is 4.79 Å². The number of pyridine rings is 2. The summed E-state index contributed by atoms with van der Waals surface area (Å²) in [5, 5.41) is 3.17. The highest BCUT2D eigenvalue weighted by Gasteiger charge is 2.17. The molecule has 0 bridgehead atoms. The molecule has 3 aromatic rings. The Labute approximate surface area is 154 Å². The molecule has 0 fully saturated rings. The first-order valence-electron chi connectivity index (χ1n) is 8.79. The van der Waals surface area contributed by atoms with Gasteiger partial charge in [0.25, 0.3) is 0 Å². The second-order valence-corrected chi connectivity index (χ2v) is 6.49. The molecule has 0 saturated heterocycles. The maximum absolute atomic E-state index is 12.6. The Bertz CT molecular complexity index is 863. The summed E-state index contributed by atoms with van der Waals surface area (Å²) in [7, 11) is 0. The van der Waals surface area contributed by atoms with E-state index in [0.717, 1.165) is 16.7 Å². The van der Waals surface area contributed by atoms with Gasteiger partial charge >= 0.3 is 0 Å². The number of carbonyl (C=O) groups is 1. The predicted octanol–water partition coefficient (Wildman–Crippen LogP) is 3.93. The molecule has 0 aliphatic rings. The van der Waals surface area contributed by atoms with E-state index in [1.165, 1.54) is 11.1 Å². The molecule has 1 amide bonds. The molecule has 4 nitrogen and oxygen atoms in total. The first kappa shape index (κ1) is 17.8. The van der Waals surface area contributed by atoms with Crippen molar-refractivity contribution < 1.29 is 4.79 Å². The van der Waals surface area contributed by atoms with E-state index in [2.05, 4.69) is 47.3 Å². The van der Waals surface area contributed by atoms with Crippen LogP contribution in [0.15, 0.2) is 67.3 Å². The molecular weight excluding hydrogens is 322 g/mol. The molecule has 2 aromatic heterocycles. The average Bonchev–Trinajstić information content (AvgIpc) is 2.68. The summed E-state index contributed by atoms with van der Waals surface area (Å²) >= 11 is 0. The fourth-order valence-electron chi connectivity index (χ4n) is 2.89. The van der Waals surface area contributed by atoms with Crippen LogP contribution >= 0.6 is 0 Å². The molecule has 0 aliphatic heterocycles. The van der Waals surface area contributed by atoms with E-state index in [4.69, 9.17) is 0 Å². The van der Waals surface area contributed by atoms with Crippen LogP contribution in [0.2, 0.25) is 0 Å². The highest BCUT2D eigenvalue weighted by Crippen LogP contribution is 2.23. The molecule has 0 spiro atoms. The van der Waals surface area contributed by atoms with E-state index in [1.54, 1.807) is 24.8 Å². The van der Waals surface area contributed by atoms with Crippen molar-refractivity contribution in [2.24, 2.45) is 0 Å². The molecule has 132 valence electrons. The molecule has 4 heteroatoms. The van der Waals surface area contributed by atoms with Crippen molar-refractivity contribution in [3.8, 4) is 0 Å². The fourth-order valence-corrected chi connectivity index (χ4v) is 2.89. The van der Waals surface area contributed by atoms with Crippen LogP contribution in [0, 0.1) is 13.8 Å². The summed E-state index contributed by atoms with van der Waals surface area (Å²) in [4.78, 5) is 20.9.